The Balaban J connectivity index is 2.64. The molecule has 1 rings (SSSR count). The number of nitrogens with zero attached hydrogens (tertiary/aromatic N) is 1. The summed E-state index contributed by atoms with van der Waals surface area (Å²) < 4.78 is 0. The van der Waals surface area contributed by atoms with E-state index in [1.165, 1.54) is 15.9 Å². The lowest BCUT2D eigenvalue weighted by Crippen LogP contribution is -2.38. The summed E-state index contributed by atoms with van der Waals surface area (Å²) in [6, 6.07) is 3.97. The monoisotopic (exact) mass is 280 g/mol. The number of hydrogen-bond donors (Lipinski definition) is 1. The molecular weight excluding hydrogens is 260 g/mol. The summed E-state index contributed by atoms with van der Waals surface area (Å²) in [5.74, 6) is -0.650. The number of unbranched alkanes of at least 4 members (excludes halogenated alkanes) is 1. The SMILES string of the molecule is CCCCN(CC(N)=O)C(=O)C=Cc1ccc(C)s1. The van der Waals surface area contributed by atoms with Gasteiger partial charge in [0.2, 0.25) is 11.8 Å². The number of nitrogens with two attached hydrogens (primary N) is 1. The molecule has 0 aliphatic carbocycles. The second-order valence-corrected chi connectivity index (χ2v) is 5.68. The average molecular weight is 280 g/mol. The van der Waals surface area contributed by atoms with Crippen LogP contribution in [0.3, 0.4) is 0 Å². The molecule has 0 aliphatic rings. The largest absolute Gasteiger partial charge is 0.368 e. The molecule has 0 unspecified atom stereocenters. The van der Waals surface area contributed by atoms with Crippen LogP contribution in [0.4, 0.5) is 0 Å². The highest BCUT2D eigenvalue weighted by Crippen LogP contribution is 2.16. The molecule has 2 amide bonds. The van der Waals surface area contributed by atoms with Crippen molar-refractivity contribution < 1.29 is 9.59 Å². The molecule has 1 aromatic heterocycles. The average Bonchev–Trinajstić information content (AvgIpc) is 2.77. The number of thiophene rings is 1. The van der Waals surface area contributed by atoms with E-state index in [0.29, 0.717) is 6.54 Å². The Hall–Kier alpha value is -1.62. The Kier molecular flexibility index (Phi) is 6.29. The van der Waals surface area contributed by atoms with Crippen molar-refractivity contribution in [2.24, 2.45) is 5.73 Å². The molecule has 1 heterocycles. The van der Waals surface area contributed by atoms with Crippen molar-refractivity contribution in [3.05, 3.63) is 28.0 Å². The van der Waals surface area contributed by atoms with Gasteiger partial charge in [-0.25, -0.2) is 0 Å². The van der Waals surface area contributed by atoms with Crippen molar-refractivity contribution in [1.82, 2.24) is 4.90 Å². The fraction of sp³-hybridized carbons (Fsp3) is 0.429. The first-order chi connectivity index (χ1) is 9.02. The molecule has 0 saturated heterocycles. The van der Waals surface area contributed by atoms with E-state index >= 15 is 0 Å². The molecule has 0 saturated carbocycles. The minimum Gasteiger partial charge on any atom is -0.368 e. The zero-order valence-electron chi connectivity index (χ0n) is 11.4. The van der Waals surface area contributed by atoms with Crippen LogP contribution < -0.4 is 5.73 Å². The van der Waals surface area contributed by atoms with Crippen LogP contribution in [0.2, 0.25) is 0 Å². The third-order valence-electron chi connectivity index (χ3n) is 2.59. The Morgan fingerprint density at radius 3 is 2.68 bits per heavy atom. The van der Waals surface area contributed by atoms with Gasteiger partial charge in [-0.15, -0.1) is 11.3 Å². The fourth-order valence-electron chi connectivity index (χ4n) is 1.61. The van der Waals surface area contributed by atoms with E-state index in [2.05, 4.69) is 0 Å². The van der Waals surface area contributed by atoms with Gasteiger partial charge in [0.15, 0.2) is 0 Å². The van der Waals surface area contributed by atoms with Crippen LogP contribution in [0.5, 0.6) is 0 Å². The maximum Gasteiger partial charge on any atom is 0.247 e. The quantitative estimate of drug-likeness (QED) is 0.778. The van der Waals surface area contributed by atoms with Crippen molar-refractivity contribution in [3.8, 4) is 0 Å². The molecule has 0 spiro atoms. The van der Waals surface area contributed by atoms with Crippen LogP contribution in [0.15, 0.2) is 18.2 Å². The second kappa shape index (κ2) is 7.74. The number of rotatable bonds is 7. The third kappa shape index (κ3) is 5.70. The third-order valence-corrected chi connectivity index (χ3v) is 3.56. The summed E-state index contributed by atoms with van der Waals surface area (Å²) in [5, 5.41) is 0. The van der Waals surface area contributed by atoms with Crippen molar-refractivity contribution in [2.45, 2.75) is 26.7 Å². The molecule has 0 aliphatic heterocycles. The summed E-state index contributed by atoms with van der Waals surface area (Å²) in [5.41, 5.74) is 5.16. The lowest BCUT2D eigenvalue weighted by atomic mass is 10.3. The molecular formula is C14H20N2O2S. The number of amides is 2. The molecule has 0 bridgehead atoms. The van der Waals surface area contributed by atoms with Crippen molar-refractivity contribution in [1.29, 1.82) is 0 Å². The lowest BCUT2D eigenvalue weighted by molar-refractivity contribution is -0.131. The van der Waals surface area contributed by atoms with E-state index in [-0.39, 0.29) is 12.5 Å². The van der Waals surface area contributed by atoms with Gasteiger partial charge < -0.3 is 10.6 Å². The fourth-order valence-corrected chi connectivity index (χ4v) is 2.39. The zero-order chi connectivity index (χ0) is 14.3. The van der Waals surface area contributed by atoms with E-state index in [1.807, 2.05) is 26.0 Å². The van der Waals surface area contributed by atoms with Gasteiger partial charge in [-0.2, -0.15) is 0 Å². The Morgan fingerprint density at radius 1 is 1.42 bits per heavy atom. The van der Waals surface area contributed by atoms with Crippen LogP contribution in [0.25, 0.3) is 6.08 Å². The highest BCUT2D eigenvalue weighted by Gasteiger charge is 2.12. The van der Waals surface area contributed by atoms with Crippen LogP contribution in [-0.2, 0) is 9.59 Å². The Labute approximate surface area is 117 Å². The molecule has 1 aromatic rings. The van der Waals surface area contributed by atoms with Crippen molar-refractivity contribution in [3.63, 3.8) is 0 Å². The highest BCUT2D eigenvalue weighted by atomic mass is 32.1. The molecule has 19 heavy (non-hydrogen) atoms. The Bertz CT molecular complexity index is 466. The van der Waals surface area contributed by atoms with E-state index in [9.17, 15) is 9.59 Å². The molecule has 0 radical (unpaired) electrons. The van der Waals surface area contributed by atoms with Gasteiger partial charge in [0.25, 0.3) is 0 Å². The normalized spacial score (nSPS) is 10.8. The highest BCUT2D eigenvalue weighted by molar-refractivity contribution is 7.12. The summed E-state index contributed by atoms with van der Waals surface area (Å²) in [7, 11) is 0. The number of carbonyl (C=O) groups excluding carboxylic acids is 2. The maximum atomic E-state index is 12.0. The van der Waals surface area contributed by atoms with Gasteiger partial charge in [0, 0.05) is 22.4 Å². The predicted molar refractivity (Wildman–Crippen MR) is 78.8 cm³/mol. The van der Waals surface area contributed by atoms with Crippen molar-refractivity contribution in [2.75, 3.05) is 13.1 Å². The standard InChI is InChI=1S/C14H20N2O2S/c1-3-4-9-16(10-13(15)17)14(18)8-7-12-6-5-11(2)19-12/h5-8H,3-4,9-10H2,1-2H3,(H2,15,17). The molecule has 5 heteroatoms. The summed E-state index contributed by atoms with van der Waals surface area (Å²) in [6.07, 6.45) is 5.12. The van der Waals surface area contributed by atoms with E-state index < -0.39 is 5.91 Å². The Morgan fingerprint density at radius 2 is 2.16 bits per heavy atom. The van der Waals surface area contributed by atoms with Gasteiger partial charge in [-0.1, -0.05) is 13.3 Å². The van der Waals surface area contributed by atoms with Crippen LogP contribution in [0.1, 0.15) is 29.5 Å². The van der Waals surface area contributed by atoms with E-state index in [0.717, 1.165) is 17.7 Å². The molecule has 0 aromatic carbocycles. The van der Waals surface area contributed by atoms with Crippen LogP contribution in [-0.4, -0.2) is 29.8 Å². The number of primary amides is 1. The first-order valence-corrected chi connectivity index (χ1v) is 7.16. The maximum absolute atomic E-state index is 12.0. The number of hydrogen-bond acceptors (Lipinski definition) is 3. The van der Waals surface area contributed by atoms with E-state index in [1.54, 1.807) is 17.4 Å². The van der Waals surface area contributed by atoms with Crippen molar-refractivity contribution >= 4 is 29.2 Å². The summed E-state index contributed by atoms with van der Waals surface area (Å²) in [4.78, 5) is 26.7. The van der Waals surface area contributed by atoms with Crippen LogP contribution in [0, 0.1) is 6.92 Å². The molecule has 104 valence electrons. The minimum atomic E-state index is -0.482. The van der Waals surface area contributed by atoms with Gasteiger partial charge in [-0.3, -0.25) is 9.59 Å². The smallest absolute Gasteiger partial charge is 0.247 e. The minimum absolute atomic E-state index is 0.0212. The summed E-state index contributed by atoms with van der Waals surface area (Å²) >= 11 is 1.62. The first-order valence-electron chi connectivity index (χ1n) is 6.34. The molecule has 0 fully saturated rings. The predicted octanol–water partition coefficient (Wildman–Crippen LogP) is 2.18. The molecule has 2 N–H and O–H groups in total. The lowest BCUT2D eigenvalue weighted by Gasteiger charge is -2.18. The topological polar surface area (TPSA) is 63.4 Å². The van der Waals surface area contributed by atoms with Gasteiger partial charge >= 0.3 is 0 Å². The summed E-state index contributed by atoms with van der Waals surface area (Å²) in [6.45, 7) is 4.60. The number of carbonyl (C=O) groups is 2. The molecule has 0 atom stereocenters. The van der Waals surface area contributed by atoms with E-state index in [4.69, 9.17) is 5.73 Å². The van der Waals surface area contributed by atoms with Gasteiger partial charge in [0.1, 0.15) is 0 Å². The van der Waals surface area contributed by atoms with Gasteiger partial charge in [0.05, 0.1) is 6.54 Å². The van der Waals surface area contributed by atoms with Gasteiger partial charge in [-0.05, 0) is 31.6 Å². The number of aryl methyl sites for hydroxylation is 1. The second-order valence-electron chi connectivity index (χ2n) is 4.36. The first kappa shape index (κ1) is 15.4. The van der Waals surface area contributed by atoms with Crippen LogP contribution >= 0.6 is 11.3 Å². The zero-order valence-corrected chi connectivity index (χ0v) is 12.2. The molecule has 4 nitrogen and oxygen atoms in total.